The Morgan fingerprint density at radius 3 is 2.70 bits per heavy atom. The quantitative estimate of drug-likeness (QED) is 0.734. The van der Waals surface area contributed by atoms with Gasteiger partial charge in [0.15, 0.2) is 0 Å². The summed E-state index contributed by atoms with van der Waals surface area (Å²) in [6, 6.07) is 11.2. The van der Waals surface area contributed by atoms with Crippen molar-refractivity contribution in [3.8, 4) is 22.6 Å². The molecular weight excluding hydrogens is 336 g/mol. The Balaban J connectivity index is 1.57. The van der Waals surface area contributed by atoms with Crippen LogP contribution in [0.25, 0.3) is 11.1 Å². The minimum atomic E-state index is -0.108. The van der Waals surface area contributed by atoms with Crippen molar-refractivity contribution in [2.45, 2.75) is 51.4 Å². The summed E-state index contributed by atoms with van der Waals surface area (Å²) in [6.07, 6.45) is 5.94. The third kappa shape index (κ3) is 2.44. The lowest BCUT2D eigenvalue weighted by Crippen LogP contribution is -2.42. The van der Waals surface area contributed by atoms with Crippen LogP contribution in [0.15, 0.2) is 36.4 Å². The molecule has 3 aliphatic rings. The molecule has 140 valence electrons. The van der Waals surface area contributed by atoms with Crippen molar-refractivity contribution in [2.75, 3.05) is 0 Å². The van der Waals surface area contributed by atoms with Crippen molar-refractivity contribution in [3.05, 3.63) is 47.5 Å². The van der Waals surface area contributed by atoms with Crippen LogP contribution >= 0.6 is 0 Å². The van der Waals surface area contributed by atoms with Crippen molar-refractivity contribution in [2.24, 2.45) is 17.3 Å². The standard InChI is InChI=1S/C24H26O3/c1-24-10-9-17-18(21(24)7-8-23(24)27)6-5-15-12-22(26)20(13-19(15)17)14-3-2-4-16(25)11-14/h2-4,11-13,17-18,21,25-26H,5-10H2,1H3/t17-,18+,21-,24-/m0/s1. The number of aromatic hydroxyl groups is 2. The van der Waals surface area contributed by atoms with Gasteiger partial charge < -0.3 is 10.2 Å². The van der Waals surface area contributed by atoms with Crippen molar-refractivity contribution in [3.63, 3.8) is 0 Å². The number of phenols is 2. The lowest BCUT2D eigenvalue weighted by molar-refractivity contribution is -0.129. The molecule has 2 saturated carbocycles. The maximum atomic E-state index is 12.5. The number of Topliss-reactive ketones (excluding diaryl/α,β-unsaturated/α-hetero) is 1. The predicted octanol–water partition coefficient (Wildman–Crippen LogP) is 5.19. The summed E-state index contributed by atoms with van der Waals surface area (Å²) in [5.74, 6) is 2.53. The number of rotatable bonds is 1. The first-order valence-electron chi connectivity index (χ1n) is 10.2. The van der Waals surface area contributed by atoms with Crippen LogP contribution in [0, 0.1) is 17.3 Å². The second-order valence-electron chi connectivity index (χ2n) is 8.95. The summed E-state index contributed by atoms with van der Waals surface area (Å²) >= 11 is 0. The Morgan fingerprint density at radius 2 is 1.89 bits per heavy atom. The van der Waals surface area contributed by atoms with Gasteiger partial charge >= 0.3 is 0 Å². The Kier molecular flexibility index (Phi) is 3.65. The number of carbonyl (C=O) groups excluding carboxylic acids is 1. The van der Waals surface area contributed by atoms with E-state index in [1.807, 2.05) is 18.2 Å². The molecule has 2 aromatic carbocycles. The molecule has 0 unspecified atom stereocenters. The maximum Gasteiger partial charge on any atom is 0.139 e. The molecule has 27 heavy (non-hydrogen) atoms. The lowest BCUT2D eigenvalue weighted by Gasteiger charge is -2.48. The zero-order valence-electron chi connectivity index (χ0n) is 15.7. The molecular formula is C24H26O3. The van der Waals surface area contributed by atoms with Gasteiger partial charge in [-0.05, 0) is 90.8 Å². The average Bonchev–Trinajstić information content (AvgIpc) is 2.96. The smallest absolute Gasteiger partial charge is 0.139 e. The van der Waals surface area contributed by atoms with Gasteiger partial charge in [0.05, 0.1) is 0 Å². The van der Waals surface area contributed by atoms with Gasteiger partial charge in [-0.3, -0.25) is 4.79 Å². The summed E-state index contributed by atoms with van der Waals surface area (Å²) < 4.78 is 0. The van der Waals surface area contributed by atoms with E-state index in [2.05, 4.69) is 13.0 Å². The minimum Gasteiger partial charge on any atom is -0.508 e. The number of hydrogen-bond acceptors (Lipinski definition) is 3. The second kappa shape index (κ2) is 5.85. The van der Waals surface area contributed by atoms with Crippen LogP contribution in [0.2, 0.25) is 0 Å². The van der Waals surface area contributed by atoms with E-state index < -0.39 is 0 Å². The molecule has 0 aliphatic heterocycles. The molecule has 3 aliphatic carbocycles. The molecule has 3 heteroatoms. The number of carbonyl (C=O) groups is 1. The number of ketones is 1. The normalized spacial score (nSPS) is 31.9. The van der Waals surface area contributed by atoms with Crippen molar-refractivity contribution in [1.82, 2.24) is 0 Å². The fraction of sp³-hybridized carbons (Fsp3) is 0.458. The van der Waals surface area contributed by atoms with Gasteiger partial charge in [0.25, 0.3) is 0 Å². The zero-order valence-corrected chi connectivity index (χ0v) is 15.7. The molecule has 0 saturated heterocycles. The Morgan fingerprint density at radius 1 is 1.04 bits per heavy atom. The van der Waals surface area contributed by atoms with Crippen LogP contribution in [0.3, 0.4) is 0 Å². The topological polar surface area (TPSA) is 57.5 Å². The molecule has 0 heterocycles. The Hall–Kier alpha value is -2.29. The molecule has 0 aromatic heterocycles. The average molecular weight is 362 g/mol. The Labute approximate surface area is 160 Å². The molecule has 5 rings (SSSR count). The summed E-state index contributed by atoms with van der Waals surface area (Å²) in [5.41, 5.74) is 4.13. The van der Waals surface area contributed by atoms with Crippen LogP contribution in [0.5, 0.6) is 11.5 Å². The van der Waals surface area contributed by atoms with Gasteiger partial charge in [0, 0.05) is 17.4 Å². The van der Waals surface area contributed by atoms with Gasteiger partial charge in [-0.1, -0.05) is 19.1 Å². The Bertz CT molecular complexity index is 931. The highest BCUT2D eigenvalue weighted by Crippen LogP contribution is 2.60. The van der Waals surface area contributed by atoms with Gasteiger partial charge in [-0.15, -0.1) is 0 Å². The molecule has 4 atom stereocenters. The van der Waals surface area contributed by atoms with Crippen LogP contribution < -0.4 is 0 Å². The molecule has 0 spiro atoms. The third-order valence-corrected chi connectivity index (χ3v) is 7.71. The zero-order chi connectivity index (χ0) is 18.8. The first-order chi connectivity index (χ1) is 13.0. The van der Waals surface area contributed by atoms with E-state index in [1.54, 1.807) is 12.1 Å². The highest BCUT2D eigenvalue weighted by molar-refractivity contribution is 5.87. The number of phenolic OH excluding ortho intramolecular Hbond substituents is 2. The summed E-state index contributed by atoms with van der Waals surface area (Å²) in [5, 5.41) is 20.4. The minimum absolute atomic E-state index is 0.108. The van der Waals surface area contributed by atoms with Crippen LogP contribution in [0.1, 0.15) is 56.1 Å². The molecule has 3 nitrogen and oxygen atoms in total. The van der Waals surface area contributed by atoms with Crippen molar-refractivity contribution >= 4 is 5.78 Å². The van der Waals surface area contributed by atoms with E-state index in [9.17, 15) is 15.0 Å². The highest BCUT2D eigenvalue weighted by Gasteiger charge is 2.54. The molecule has 0 radical (unpaired) electrons. The van der Waals surface area contributed by atoms with Crippen molar-refractivity contribution in [1.29, 1.82) is 0 Å². The second-order valence-corrected chi connectivity index (χ2v) is 8.95. The molecule has 0 amide bonds. The lowest BCUT2D eigenvalue weighted by atomic mass is 9.55. The summed E-state index contributed by atoms with van der Waals surface area (Å²) in [4.78, 5) is 12.5. The highest BCUT2D eigenvalue weighted by atomic mass is 16.3. The van der Waals surface area contributed by atoms with E-state index in [0.29, 0.717) is 23.5 Å². The largest absolute Gasteiger partial charge is 0.508 e. The van der Waals surface area contributed by atoms with E-state index in [-0.39, 0.29) is 16.9 Å². The van der Waals surface area contributed by atoms with E-state index >= 15 is 0 Å². The van der Waals surface area contributed by atoms with Gasteiger partial charge in [0.1, 0.15) is 17.3 Å². The SMILES string of the molecule is C[C@]12CC[C@@H]3c4cc(-c5cccc(O)c5)c(O)cc4CC[C@H]3[C@@H]1CCC2=O. The van der Waals surface area contributed by atoms with Gasteiger partial charge in [-0.2, -0.15) is 0 Å². The molecule has 0 bridgehead atoms. The first-order valence-corrected chi connectivity index (χ1v) is 10.2. The molecule has 2 fully saturated rings. The predicted molar refractivity (Wildman–Crippen MR) is 105 cm³/mol. The maximum absolute atomic E-state index is 12.5. The third-order valence-electron chi connectivity index (χ3n) is 7.71. The van der Waals surface area contributed by atoms with E-state index in [1.165, 1.54) is 11.1 Å². The first kappa shape index (κ1) is 16.9. The fourth-order valence-electron chi connectivity index (χ4n) is 6.28. The van der Waals surface area contributed by atoms with E-state index in [0.717, 1.165) is 49.7 Å². The summed E-state index contributed by atoms with van der Waals surface area (Å²) in [7, 11) is 0. The van der Waals surface area contributed by atoms with Crippen LogP contribution in [-0.4, -0.2) is 16.0 Å². The fourth-order valence-corrected chi connectivity index (χ4v) is 6.28. The summed E-state index contributed by atoms with van der Waals surface area (Å²) in [6.45, 7) is 2.20. The molecule has 2 aromatic rings. The molecule has 2 N–H and O–H groups in total. The van der Waals surface area contributed by atoms with Gasteiger partial charge in [-0.25, -0.2) is 0 Å². The monoisotopic (exact) mass is 362 g/mol. The number of benzene rings is 2. The van der Waals surface area contributed by atoms with Crippen LogP contribution in [0.4, 0.5) is 0 Å². The van der Waals surface area contributed by atoms with E-state index in [4.69, 9.17) is 0 Å². The number of hydrogen-bond donors (Lipinski definition) is 2. The van der Waals surface area contributed by atoms with Crippen LogP contribution in [-0.2, 0) is 11.2 Å². The van der Waals surface area contributed by atoms with Gasteiger partial charge in [0.2, 0.25) is 0 Å². The number of fused-ring (bicyclic) bond motifs is 5. The van der Waals surface area contributed by atoms with Crippen molar-refractivity contribution < 1.29 is 15.0 Å². The number of aryl methyl sites for hydroxylation is 1.